The van der Waals surface area contributed by atoms with Crippen molar-refractivity contribution in [3.05, 3.63) is 28.8 Å². The first-order valence-electron chi connectivity index (χ1n) is 4.93. The third kappa shape index (κ3) is 2.49. The summed E-state index contributed by atoms with van der Waals surface area (Å²) in [5.41, 5.74) is -0.961. The average Bonchev–Trinajstić information content (AvgIpc) is 2.33. The molecular weight excluding hydrogens is 238 g/mol. The Labute approximate surface area is 95.4 Å². The first-order valence-corrected chi connectivity index (χ1v) is 4.93. The molecule has 0 N–H and O–H groups in total. The summed E-state index contributed by atoms with van der Waals surface area (Å²) >= 11 is 0. The number of nitriles is 1. The van der Waals surface area contributed by atoms with Crippen LogP contribution in [0, 0.1) is 34.6 Å². The molecule has 1 aromatic carbocycles. The van der Waals surface area contributed by atoms with Gasteiger partial charge < -0.3 is 4.74 Å². The zero-order valence-electron chi connectivity index (χ0n) is 8.99. The van der Waals surface area contributed by atoms with Crippen molar-refractivity contribution in [2.45, 2.75) is 19.8 Å². The van der Waals surface area contributed by atoms with E-state index < -0.39 is 34.6 Å². The summed E-state index contributed by atoms with van der Waals surface area (Å²) in [4.78, 5) is 0. The second-order valence-electron chi connectivity index (χ2n) is 3.27. The van der Waals surface area contributed by atoms with E-state index >= 15 is 0 Å². The molecule has 0 atom stereocenters. The smallest absolute Gasteiger partial charge is 0.205 e. The van der Waals surface area contributed by atoms with Gasteiger partial charge in [-0.3, -0.25) is 0 Å². The van der Waals surface area contributed by atoms with E-state index in [0.29, 0.717) is 6.42 Å². The molecule has 0 unspecified atom stereocenters. The Bertz CT molecular complexity index is 468. The predicted molar refractivity (Wildman–Crippen MR) is 51.4 cm³/mol. The van der Waals surface area contributed by atoms with Crippen LogP contribution in [-0.2, 0) is 0 Å². The molecule has 0 radical (unpaired) electrons. The van der Waals surface area contributed by atoms with Gasteiger partial charge in [-0.15, -0.1) is 0 Å². The second-order valence-corrected chi connectivity index (χ2v) is 3.27. The second kappa shape index (κ2) is 5.53. The molecular formula is C11H9F4NO. The number of nitrogens with zero attached hydrogens (tertiary/aromatic N) is 1. The molecule has 0 bridgehead atoms. The van der Waals surface area contributed by atoms with E-state index in [2.05, 4.69) is 0 Å². The van der Waals surface area contributed by atoms with Gasteiger partial charge in [0.15, 0.2) is 17.4 Å². The van der Waals surface area contributed by atoms with E-state index in [4.69, 9.17) is 10.00 Å². The van der Waals surface area contributed by atoms with Crippen LogP contribution in [0.3, 0.4) is 0 Å². The standard InChI is InChI=1S/C11H9F4NO/c1-2-3-4-17-11-6(5-16)7(12)8(13)9(14)10(11)15/h2-4H2,1H3. The number of halogens is 4. The number of rotatable bonds is 4. The van der Waals surface area contributed by atoms with Gasteiger partial charge in [-0.2, -0.15) is 9.65 Å². The van der Waals surface area contributed by atoms with Crippen molar-refractivity contribution >= 4 is 0 Å². The zero-order valence-corrected chi connectivity index (χ0v) is 8.99. The third-order valence-corrected chi connectivity index (χ3v) is 2.08. The van der Waals surface area contributed by atoms with Crippen LogP contribution < -0.4 is 4.74 Å². The SMILES string of the molecule is CCCCOc1c(F)c(F)c(F)c(F)c1C#N. The van der Waals surface area contributed by atoms with Crippen LogP contribution in [0.2, 0.25) is 0 Å². The summed E-state index contributed by atoms with van der Waals surface area (Å²) in [6.07, 6.45) is 1.24. The molecule has 17 heavy (non-hydrogen) atoms. The van der Waals surface area contributed by atoms with Crippen molar-refractivity contribution < 1.29 is 22.3 Å². The quantitative estimate of drug-likeness (QED) is 0.354. The molecule has 92 valence electrons. The van der Waals surface area contributed by atoms with Crippen LogP contribution in [0.4, 0.5) is 17.6 Å². The molecule has 0 saturated carbocycles. The Morgan fingerprint density at radius 2 is 1.65 bits per heavy atom. The minimum atomic E-state index is -2.01. The molecule has 0 fully saturated rings. The molecule has 0 aliphatic carbocycles. The lowest BCUT2D eigenvalue weighted by atomic mass is 10.1. The number of unbranched alkanes of at least 4 members (excludes halogenated alkanes) is 1. The fourth-order valence-electron chi connectivity index (χ4n) is 1.17. The van der Waals surface area contributed by atoms with Crippen molar-refractivity contribution in [3.63, 3.8) is 0 Å². The highest BCUT2D eigenvalue weighted by Crippen LogP contribution is 2.30. The molecule has 0 amide bonds. The minimum Gasteiger partial charge on any atom is -0.489 e. The highest BCUT2D eigenvalue weighted by Gasteiger charge is 2.26. The van der Waals surface area contributed by atoms with Gasteiger partial charge in [0.1, 0.15) is 11.6 Å². The van der Waals surface area contributed by atoms with Gasteiger partial charge in [0.05, 0.1) is 6.61 Å². The first kappa shape index (κ1) is 13.3. The van der Waals surface area contributed by atoms with Crippen molar-refractivity contribution in [1.29, 1.82) is 5.26 Å². The number of benzene rings is 1. The molecule has 0 aliphatic rings. The molecule has 6 heteroatoms. The van der Waals surface area contributed by atoms with E-state index in [1.54, 1.807) is 0 Å². The largest absolute Gasteiger partial charge is 0.489 e. The monoisotopic (exact) mass is 247 g/mol. The molecule has 2 nitrogen and oxygen atoms in total. The molecule has 0 aromatic heterocycles. The predicted octanol–water partition coefficient (Wildman–Crippen LogP) is 3.29. The lowest BCUT2D eigenvalue weighted by Gasteiger charge is -2.10. The summed E-state index contributed by atoms with van der Waals surface area (Å²) < 4.78 is 56.9. The average molecular weight is 247 g/mol. The maximum Gasteiger partial charge on any atom is 0.205 e. The maximum absolute atomic E-state index is 13.3. The van der Waals surface area contributed by atoms with E-state index in [1.165, 1.54) is 6.07 Å². The fourth-order valence-corrected chi connectivity index (χ4v) is 1.17. The first-order chi connectivity index (χ1) is 8.04. The van der Waals surface area contributed by atoms with Gasteiger partial charge in [-0.25, -0.2) is 13.2 Å². The van der Waals surface area contributed by atoms with E-state index in [0.717, 1.165) is 6.42 Å². The molecule has 0 aliphatic heterocycles. The van der Waals surface area contributed by atoms with Gasteiger partial charge in [0, 0.05) is 0 Å². The van der Waals surface area contributed by atoms with Crippen LogP contribution in [-0.4, -0.2) is 6.61 Å². The van der Waals surface area contributed by atoms with Crippen LogP contribution in [0.15, 0.2) is 0 Å². The highest BCUT2D eigenvalue weighted by molar-refractivity contribution is 5.46. The lowest BCUT2D eigenvalue weighted by Crippen LogP contribution is -2.07. The van der Waals surface area contributed by atoms with E-state index in [9.17, 15) is 17.6 Å². The number of ether oxygens (including phenoxy) is 1. The van der Waals surface area contributed by atoms with Crippen molar-refractivity contribution in [2.24, 2.45) is 0 Å². The lowest BCUT2D eigenvalue weighted by molar-refractivity contribution is 0.279. The molecule has 0 heterocycles. The maximum atomic E-state index is 13.3. The Hall–Kier alpha value is -1.77. The summed E-state index contributed by atoms with van der Waals surface area (Å²) in [7, 11) is 0. The summed E-state index contributed by atoms with van der Waals surface area (Å²) in [6, 6.07) is 1.25. The summed E-state index contributed by atoms with van der Waals surface area (Å²) in [6.45, 7) is 1.82. The number of hydrogen-bond acceptors (Lipinski definition) is 2. The third-order valence-electron chi connectivity index (χ3n) is 2.08. The van der Waals surface area contributed by atoms with Crippen LogP contribution in [0.1, 0.15) is 25.3 Å². The van der Waals surface area contributed by atoms with Crippen molar-refractivity contribution in [1.82, 2.24) is 0 Å². The zero-order chi connectivity index (χ0) is 13.0. The fraction of sp³-hybridized carbons (Fsp3) is 0.364. The van der Waals surface area contributed by atoms with Gasteiger partial charge in [-0.05, 0) is 6.42 Å². The summed E-state index contributed by atoms with van der Waals surface area (Å²) in [5, 5.41) is 8.57. The number of hydrogen-bond donors (Lipinski definition) is 0. The highest BCUT2D eigenvalue weighted by atomic mass is 19.2. The van der Waals surface area contributed by atoms with Crippen LogP contribution >= 0.6 is 0 Å². The Kier molecular flexibility index (Phi) is 4.32. The molecule has 0 saturated heterocycles. The Morgan fingerprint density at radius 1 is 1.06 bits per heavy atom. The van der Waals surface area contributed by atoms with Crippen LogP contribution in [0.25, 0.3) is 0 Å². The van der Waals surface area contributed by atoms with E-state index in [1.807, 2.05) is 6.92 Å². The van der Waals surface area contributed by atoms with Crippen molar-refractivity contribution in [2.75, 3.05) is 6.61 Å². The molecule has 1 aromatic rings. The van der Waals surface area contributed by atoms with Crippen LogP contribution in [0.5, 0.6) is 5.75 Å². The van der Waals surface area contributed by atoms with Crippen molar-refractivity contribution in [3.8, 4) is 11.8 Å². The van der Waals surface area contributed by atoms with E-state index in [-0.39, 0.29) is 6.61 Å². The van der Waals surface area contributed by atoms with Gasteiger partial charge in [-0.1, -0.05) is 13.3 Å². The van der Waals surface area contributed by atoms with Gasteiger partial charge in [0.2, 0.25) is 11.6 Å². The van der Waals surface area contributed by atoms with Gasteiger partial charge in [0.25, 0.3) is 0 Å². The Morgan fingerprint density at radius 3 is 2.18 bits per heavy atom. The minimum absolute atomic E-state index is 0.00733. The normalized spacial score (nSPS) is 10.1. The molecule has 0 spiro atoms. The topological polar surface area (TPSA) is 33.0 Å². The van der Waals surface area contributed by atoms with Gasteiger partial charge >= 0.3 is 0 Å². The molecule has 1 rings (SSSR count). The Balaban J connectivity index is 3.23. The summed E-state index contributed by atoms with van der Waals surface area (Å²) in [5.74, 6) is -8.29.